The number of rotatable bonds is 3. The zero-order valence-corrected chi connectivity index (χ0v) is 12.6. The van der Waals surface area contributed by atoms with Crippen LogP contribution in [0.4, 0.5) is 10.1 Å². The van der Waals surface area contributed by atoms with Gasteiger partial charge in [-0.15, -0.1) is 0 Å². The van der Waals surface area contributed by atoms with E-state index in [1.54, 1.807) is 30.3 Å². The normalized spacial score (nSPS) is 10.9. The van der Waals surface area contributed by atoms with Crippen molar-refractivity contribution in [1.29, 1.82) is 0 Å². The zero-order chi connectivity index (χ0) is 15.7. The largest absolute Gasteiger partial charge is 0.319 e. The molecular formula is C16H13ClFN3O. The SMILES string of the molecule is CCc1nc2ccc(F)cn2c1C(=O)Nc1ccccc1Cl. The van der Waals surface area contributed by atoms with Crippen LogP contribution in [0.15, 0.2) is 42.6 Å². The first kappa shape index (κ1) is 14.5. The van der Waals surface area contributed by atoms with E-state index in [0.29, 0.717) is 34.2 Å². The first-order chi connectivity index (χ1) is 10.6. The molecule has 0 aliphatic rings. The van der Waals surface area contributed by atoms with Gasteiger partial charge in [0.1, 0.15) is 17.2 Å². The summed E-state index contributed by atoms with van der Waals surface area (Å²) in [6, 6.07) is 9.80. The van der Waals surface area contributed by atoms with Crippen molar-refractivity contribution in [3.8, 4) is 0 Å². The third kappa shape index (κ3) is 2.55. The van der Waals surface area contributed by atoms with Gasteiger partial charge in [-0.1, -0.05) is 30.7 Å². The van der Waals surface area contributed by atoms with Crippen LogP contribution < -0.4 is 5.32 Å². The molecule has 3 aromatic rings. The Balaban J connectivity index is 2.06. The van der Waals surface area contributed by atoms with Crippen molar-refractivity contribution in [2.24, 2.45) is 0 Å². The van der Waals surface area contributed by atoms with Gasteiger partial charge in [0, 0.05) is 6.20 Å². The summed E-state index contributed by atoms with van der Waals surface area (Å²) < 4.78 is 14.9. The van der Waals surface area contributed by atoms with Crippen molar-refractivity contribution < 1.29 is 9.18 Å². The highest BCUT2D eigenvalue weighted by Gasteiger charge is 2.19. The number of nitrogens with one attached hydrogen (secondary N) is 1. The molecule has 4 nitrogen and oxygen atoms in total. The highest BCUT2D eigenvalue weighted by Crippen LogP contribution is 2.22. The lowest BCUT2D eigenvalue weighted by Gasteiger charge is -2.08. The molecule has 2 heterocycles. The molecule has 3 rings (SSSR count). The fourth-order valence-electron chi connectivity index (χ4n) is 2.30. The van der Waals surface area contributed by atoms with Crippen LogP contribution in [0.2, 0.25) is 5.02 Å². The molecule has 0 aliphatic heterocycles. The second-order valence-electron chi connectivity index (χ2n) is 4.77. The molecule has 1 N–H and O–H groups in total. The van der Waals surface area contributed by atoms with E-state index in [1.807, 2.05) is 6.92 Å². The van der Waals surface area contributed by atoms with Crippen LogP contribution in [0.5, 0.6) is 0 Å². The summed E-state index contributed by atoms with van der Waals surface area (Å²) in [7, 11) is 0. The molecule has 0 unspecified atom stereocenters. The maximum Gasteiger partial charge on any atom is 0.274 e. The number of aromatic nitrogens is 2. The van der Waals surface area contributed by atoms with Gasteiger partial charge in [-0.05, 0) is 30.7 Å². The number of pyridine rings is 1. The van der Waals surface area contributed by atoms with Crippen LogP contribution >= 0.6 is 11.6 Å². The molecule has 0 fully saturated rings. The molecule has 1 amide bonds. The summed E-state index contributed by atoms with van der Waals surface area (Å²) in [5.74, 6) is -0.803. The predicted octanol–water partition coefficient (Wildman–Crippen LogP) is 3.94. The summed E-state index contributed by atoms with van der Waals surface area (Å²) in [4.78, 5) is 16.9. The molecule has 22 heavy (non-hydrogen) atoms. The third-order valence-corrected chi connectivity index (χ3v) is 3.66. The van der Waals surface area contributed by atoms with E-state index in [4.69, 9.17) is 11.6 Å². The summed E-state index contributed by atoms with van der Waals surface area (Å²) in [5, 5.41) is 3.18. The minimum Gasteiger partial charge on any atom is -0.319 e. The number of carbonyl (C=O) groups is 1. The van der Waals surface area contributed by atoms with Crippen molar-refractivity contribution in [1.82, 2.24) is 9.38 Å². The number of anilines is 1. The minimum atomic E-state index is -0.431. The van der Waals surface area contributed by atoms with E-state index in [9.17, 15) is 9.18 Å². The number of nitrogens with zero attached hydrogens (tertiary/aromatic N) is 2. The molecule has 2 aromatic heterocycles. The molecule has 0 spiro atoms. The Hall–Kier alpha value is -2.40. The van der Waals surface area contributed by atoms with Crippen molar-refractivity contribution in [2.45, 2.75) is 13.3 Å². The molecule has 112 valence electrons. The molecule has 0 bridgehead atoms. The Bertz CT molecular complexity index is 860. The number of imidazole rings is 1. The Morgan fingerprint density at radius 3 is 2.82 bits per heavy atom. The van der Waals surface area contributed by atoms with Gasteiger partial charge in [-0.2, -0.15) is 0 Å². The lowest BCUT2D eigenvalue weighted by molar-refractivity contribution is 0.102. The maximum absolute atomic E-state index is 13.5. The number of aryl methyl sites for hydroxylation is 1. The predicted molar refractivity (Wildman–Crippen MR) is 83.9 cm³/mol. The lowest BCUT2D eigenvalue weighted by Crippen LogP contribution is -2.16. The molecule has 0 atom stereocenters. The number of hydrogen-bond donors (Lipinski definition) is 1. The van der Waals surface area contributed by atoms with Gasteiger partial charge in [0.25, 0.3) is 5.91 Å². The number of amides is 1. The first-order valence-corrected chi connectivity index (χ1v) is 7.20. The molecule has 1 aromatic carbocycles. The van der Waals surface area contributed by atoms with E-state index in [-0.39, 0.29) is 5.91 Å². The van der Waals surface area contributed by atoms with Crippen LogP contribution in [-0.4, -0.2) is 15.3 Å². The summed E-state index contributed by atoms with van der Waals surface area (Å²) in [6.07, 6.45) is 1.82. The van der Waals surface area contributed by atoms with Crippen molar-refractivity contribution >= 4 is 28.8 Å². The van der Waals surface area contributed by atoms with E-state index < -0.39 is 5.82 Å². The van der Waals surface area contributed by atoms with E-state index >= 15 is 0 Å². The molecule has 0 saturated carbocycles. The second kappa shape index (κ2) is 5.77. The standard InChI is InChI=1S/C16H13ClFN3O/c1-2-12-15(21-9-10(18)7-8-14(21)19-12)16(22)20-13-6-4-3-5-11(13)17/h3-9H,2H2,1H3,(H,20,22). The van der Waals surface area contributed by atoms with Gasteiger partial charge in [-0.25, -0.2) is 9.37 Å². The van der Waals surface area contributed by atoms with E-state index in [2.05, 4.69) is 10.3 Å². The lowest BCUT2D eigenvalue weighted by atomic mass is 10.2. The highest BCUT2D eigenvalue weighted by molar-refractivity contribution is 6.33. The molecule has 0 saturated heterocycles. The Kier molecular flexibility index (Phi) is 3.81. The number of benzene rings is 1. The van der Waals surface area contributed by atoms with Crippen molar-refractivity contribution in [2.75, 3.05) is 5.32 Å². The van der Waals surface area contributed by atoms with Crippen LogP contribution in [-0.2, 0) is 6.42 Å². The number of hydrogen-bond acceptors (Lipinski definition) is 2. The van der Waals surface area contributed by atoms with Gasteiger partial charge >= 0.3 is 0 Å². The summed E-state index contributed by atoms with van der Waals surface area (Å²) in [6.45, 7) is 1.89. The maximum atomic E-state index is 13.5. The summed E-state index contributed by atoms with van der Waals surface area (Å²) >= 11 is 6.05. The van der Waals surface area contributed by atoms with Crippen molar-refractivity contribution in [3.05, 3.63) is 64.8 Å². The Labute approximate surface area is 131 Å². The second-order valence-corrected chi connectivity index (χ2v) is 5.18. The van der Waals surface area contributed by atoms with Crippen LogP contribution in [0.25, 0.3) is 5.65 Å². The van der Waals surface area contributed by atoms with E-state index in [0.717, 1.165) is 0 Å². The quantitative estimate of drug-likeness (QED) is 0.795. The molecular weight excluding hydrogens is 305 g/mol. The molecule has 0 radical (unpaired) electrons. The number of carbonyl (C=O) groups excluding carboxylic acids is 1. The number of fused-ring (bicyclic) bond motifs is 1. The van der Waals surface area contributed by atoms with Gasteiger partial charge in [0.15, 0.2) is 0 Å². The number of para-hydroxylation sites is 1. The van der Waals surface area contributed by atoms with Gasteiger partial charge in [-0.3, -0.25) is 9.20 Å². The highest BCUT2D eigenvalue weighted by atomic mass is 35.5. The fraction of sp³-hybridized carbons (Fsp3) is 0.125. The molecule has 6 heteroatoms. The number of halogens is 2. The van der Waals surface area contributed by atoms with Gasteiger partial charge in [0.05, 0.1) is 16.4 Å². The first-order valence-electron chi connectivity index (χ1n) is 6.82. The monoisotopic (exact) mass is 317 g/mol. The Morgan fingerprint density at radius 1 is 1.32 bits per heavy atom. The topological polar surface area (TPSA) is 46.4 Å². The summed E-state index contributed by atoms with van der Waals surface area (Å²) in [5.41, 5.74) is 1.96. The zero-order valence-electron chi connectivity index (χ0n) is 11.8. The van der Waals surface area contributed by atoms with Gasteiger partial charge < -0.3 is 5.32 Å². The molecule has 0 aliphatic carbocycles. The third-order valence-electron chi connectivity index (χ3n) is 3.33. The average Bonchev–Trinajstić information content (AvgIpc) is 2.87. The average molecular weight is 318 g/mol. The van der Waals surface area contributed by atoms with Crippen LogP contribution in [0.1, 0.15) is 23.1 Å². The Morgan fingerprint density at radius 2 is 2.09 bits per heavy atom. The fourth-order valence-corrected chi connectivity index (χ4v) is 2.48. The van der Waals surface area contributed by atoms with Crippen LogP contribution in [0, 0.1) is 5.82 Å². The van der Waals surface area contributed by atoms with Crippen LogP contribution in [0.3, 0.4) is 0 Å². The van der Waals surface area contributed by atoms with Crippen molar-refractivity contribution in [3.63, 3.8) is 0 Å². The van der Waals surface area contributed by atoms with E-state index in [1.165, 1.54) is 16.7 Å². The smallest absolute Gasteiger partial charge is 0.274 e. The minimum absolute atomic E-state index is 0.317. The van der Waals surface area contributed by atoms with Gasteiger partial charge in [0.2, 0.25) is 0 Å².